The van der Waals surface area contributed by atoms with Gasteiger partial charge in [-0.1, -0.05) is 31.9 Å². The van der Waals surface area contributed by atoms with Crippen LogP contribution in [0.4, 0.5) is 0 Å². The molecule has 0 atom stereocenters. The van der Waals surface area contributed by atoms with Crippen molar-refractivity contribution in [3.63, 3.8) is 0 Å². The molecule has 0 bridgehead atoms. The molecule has 0 unspecified atom stereocenters. The molecular weight excluding hydrogens is 538 g/mol. The van der Waals surface area contributed by atoms with E-state index in [0.29, 0.717) is 24.2 Å². The maximum absolute atomic E-state index is 13.2. The Kier molecular flexibility index (Phi) is 5.11. The average Bonchev–Trinajstić information content (AvgIpc) is 3.39. The fraction of sp³-hybridized carbons (Fsp3) is 0.167. The van der Waals surface area contributed by atoms with Crippen molar-refractivity contribution in [3.05, 3.63) is 68.9 Å². The van der Waals surface area contributed by atoms with Crippen LogP contribution in [0.3, 0.4) is 0 Å². The Morgan fingerprint density at radius 3 is 1.53 bits per heavy atom. The smallest absolute Gasteiger partial charge is 0.286 e. The molecule has 2 aromatic heterocycles. The maximum atomic E-state index is 13.2. The number of amides is 2. The van der Waals surface area contributed by atoms with Crippen LogP contribution >= 0.6 is 31.9 Å². The number of fused-ring (bicyclic) bond motifs is 2. The van der Waals surface area contributed by atoms with Crippen LogP contribution in [0.2, 0.25) is 0 Å². The summed E-state index contributed by atoms with van der Waals surface area (Å²) >= 11 is 7.03. The van der Waals surface area contributed by atoms with Crippen molar-refractivity contribution in [1.29, 1.82) is 0 Å². The molecule has 1 aliphatic heterocycles. The molecule has 4 aromatic rings. The summed E-state index contributed by atoms with van der Waals surface area (Å²) in [6.45, 7) is 5.45. The van der Waals surface area contributed by atoms with Gasteiger partial charge in [0.05, 0.1) is 11.1 Å². The normalized spacial score (nSPS) is 14.6. The van der Waals surface area contributed by atoms with E-state index in [1.165, 1.54) is 0 Å². The highest BCUT2D eigenvalue weighted by molar-refractivity contribution is 9.10. The molecule has 162 valence electrons. The number of carbonyl (C=O) groups excluding carboxylic acids is 2. The fourth-order valence-electron chi connectivity index (χ4n) is 4.48. The van der Waals surface area contributed by atoms with E-state index >= 15 is 0 Å². The van der Waals surface area contributed by atoms with E-state index in [9.17, 15) is 14.8 Å². The van der Waals surface area contributed by atoms with Crippen molar-refractivity contribution in [2.24, 2.45) is 0 Å². The number of imide groups is 1. The highest BCUT2D eigenvalue weighted by atomic mass is 79.9. The Hall–Kier alpha value is -2.68. The number of hydrogen-bond donors (Lipinski definition) is 1. The van der Waals surface area contributed by atoms with E-state index in [4.69, 9.17) is 0 Å². The monoisotopic (exact) mass is 555 g/mol. The molecule has 8 heteroatoms. The van der Waals surface area contributed by atoms with Crippen LogP contribution in [0.5, 0.6) is 0 Å². The second-order valence-corrected chi connectivity index (χ2v) is 9.48. The number of nitrogens with zero attached hydrogens (tertiary/aromatic N) is 3. The highest BCUT2D eigenvalue weighted by Gasteiger charge is 2.41. The van der Waals surface area contributed by atoms with Crippen molar-refractivity contribution in [2.75, 3.05) is 0 Å². The third-order valence-corrected chi connectivity index (χ3v) is 6.96. The largest absolute Gasteiger partial charge is 0.347 e. The first-order chi connectivity index (χ1) is 15.3. The van der Waals surface area contributed by atoms with E-state index < -0.39 is 11.8 Å². The number of carbonyl (C=O) groups is 2. The van der Waals surface area contributed by atoms with Gasteiger partial charge in [-0.3, -0.25) is 14.8 Å². The zero-order valence-corrected chi connectivity index (χ0v) is 20.6. The van der Waals surface area contributed by atoms with E-state index in [0.717, 1.165) is 30.8 Å². The predicted molar refractivity (Wildman–Crippen MR) is 131 cm³/mol. The molecule has 0 saturated heterocycles. The van der Waals surface area contributed by atoms with Gasteiger partial charge in [-0.05, 0) is 50.2 Å². The van der Waals surface area contributed by atoms with Crippen molar-refractivity contribution in [2.45, 2.75) is 26.9 Å². The van der Waals surface area contributed by atoms with Crippen LogP contribution in [-0.2, 0) is 22.7 Å². The summed E-state index contributed by atoms with van der Waals surface area (Å²) < 4.78 is 5.80. The molecule has 6 nitrogen and oxygen atoms in total. The van der Waals surface area contributed by atoms with E-state index in [1.54, 1.807) is 0 Å². The van der Waals surface area contributed by atoms with Crippen molar-refractivity contribution < 1.29 is 14.8 Å². The maximum Gasteiger partial charge on any atom is 0.286 e. The van der Waals surface area contributed by atoms with Crippen molar-refractivity contribution in [1.82, 2.24) is 14.2 Å². The lowest BCUT2D eigenvalue weighted by molar-refractivity contribution is -0.168. The summed E-state index contributed by atoms with van der Waals surface area (Å²) in [5.41, 5.74) is 3.58. The number of hydrogen-bond acceptors (Lipinski definition) is 3. The van der Waals surface area contributed by atoms with Gasteiger partial charge in [-0.15, -0.1) is 5.06 Å². The summed E-state index contributed by atoms with van der Waals surface area (Å²) in [4.78, 5) is 26.3. The van der Waals surface area contributed by atoms with E-state index in [2.05, 4.69) is 31.9 Å². The zero-order chi connectivity index (χ0) is 22.7. The molecule has 2 amide bonds. The predicted octanol–water partition coefficient (Wildman–Crippen LogP) is 5.83. The third-order valence-electron chi connectivity index (χ3n) is 5.97. The molecule has 0 aliphatic carbocycles. The summed E-state index contributed by atoms with van der Waals surface area (Å²) in [5, 5.41) is 12.3. The van der Waals surface area contributed by atoms with Gasteiger partial charge < -0.3 is 9.13 Å². The molecule has 1 aliphatic rings. The lowest BCUT2D eigenvalue weighted by Crippen LogP contribution is -2.27. The van der Waals surface area contributed by atoms with Crippen molar-refractivity contribution >= 4 is 76.6 Å². The highest BCUT2D eigenvalue weighted by Crippen LogP contribution is 2.42. The summed E-state index contributed by atoms with van der Waals surface area (Å²) in [7, 11) is 0. The van der Waals surface area contributed by atoms with Gasteiger partial charge in [0.15, 0.2) is 0 Å². The Morgan fingerprint density at radius 2 is 1.16 bits per heavy atom. The molecule has 0 fully saturated rings. The van der Waals surface area contributed by atoms with Gasteiger partial charge in [-0.25, -0.2) is 0 Å². The Labute approximate surface area is 200 Å². The average molecular weight is 557 g/mol. The molecule has 0 spiro atoms. The van der Waals surface area contributed by atoms with Crippen LogP contribution in [-0.4, -0.2) is 31.2 Å². The van der Waals surface area contributed by atoms with E-state index in [-0.39, 0.29) is 16.2 Å². The number of aryl methyl sites for hydroxylation is 2. The molecule has 5 rings (SSSR count). The van der Waals surface area contributed by atoms with Crippen LogP contribution in [0.15, 0.2) is 57.7 Å². The topological polar surface area (TPSA) is 67.5 Å². The lowest BCUT2D eigenvalue weighted by atomic mass is 9.95. The summed E-state index contributed by atoms with van der Waals surface area (Å²) in [6.07, 6.45) is 3.76. The van der Waals surface area contributed by atoms with Crippen LogP contribution in [0.1, 0.15) is 25.0 Å². The second kappa shape index (κ2) is 7.72. The molecule has 0 radical (unpaired) electrons. The number of halogens is 2. The number of rotatable bonds is 4. The van der Waals surface area contributed by atoms with E-state index in [1.807, 2.05) is 71.8 Å². The molecule has 32 heavy (non-hydrogen) atoms. The SMILES string of the molecule is CCn1cc(C2=C(c3cn(CC)c4ccc(Br)cc34)C(=O)N(O)C2=O)c2cc(Br)ccc21. The molecule has 2 aromatic carbocycles. The van der Waals surface area contributed by atoms with Gasteiger partial charge in [0, 0.05) is 67.4 Å². The van der Waals surface area contributed by atoms with Gasteiger partial charge >= 0.3 is 0 Å². The third kappa shape index (κ3) is 3.01. The van der Waals surface area contributed by atoms with Gasteiger partial charge in [0.2, 0.25) is 0 Å². The van der Waals surface area contributed by atoms with Crippen molar-refractivity contribution in [3.8, 4) is 0 Å². The van der Waals surface area contributed by atoms with Gasteiger partial charge in [0.1, 0.15) is 0 Å². The molecule has 0 saturated carbocycles. The quantitative estimate of drug-likeness (QED) is 0.254. The number of aromatic nitrogens is 2. The first-order valence-electron chi connectivity index (χ1n) is 10.2. The Bertz CT molecular complexity index is 1370. The minimum Gasteiger partial charge on any atom is -0.347 e. The minimum absolute atomic E-state index is 0.211. The van der Waals surface area contributed by atoms with Gasteiger partial charge in [-0.2, -0.15) is 0 Å². The Morgan fingerprint density at radius 1 is 0.750 bits per heavy atom. The number of hydroxylamine groups is 2. The standard InChI is InChI=1S/C24H19Br2N3O3/c1-3-27-11-17(15-9-13(25)5-7-19(15)27)21-22(24(31)29(32)23(21)30)18-12-28(4-2)20-8-6-14(26)10-16(18)20/h5-12,32H,3-4H2,1-2H3. The zero-order valence-electron chi connectivity index (χ0n) is 17.4. The molecular formula is C24H19Br2N3O3. The second-order valence-electron chi connectivity index (χ2n) is 7.65. The first kappa shape index (κ1) is 21.2. The Balaban J connectivity index is 1.90. The van der Waals surface area contributed by atoms with Crippen LogP contribution in [0, 0.1) is 0 Å². The van der Waals surface area contributed by atoms with Crippen LogP contribution in [0.25, 0.3) is 33.0 Å². The fourth-order valence-corrected chi connectivity index (χ4v) is 5.20. The van der Waals surface area contributed by atoms with Gasteiger partial charge in [0.25, 0.3) is 11.8 Å². The molecule has 1 N–H and O–H groups in total. The number of benzene rings is 2. The molecule has 3 heterocycles. The first-order valence-corrected chi connectivity index (χ1v) is 11.8. The lowest BCUT2D eigenvalue weighted by Gasteiger charge is -2.03. The minimum atomic E-state index is -0.715. The summed E-state index contributed by atoms with van der Waals surface area (Å²) in [6, 6.07) is 11.7. The summed E-state index contributed by atoms with van der Waals surface area (Å²) in [5.74, 6) is -1.43. The van der Waals surface area contributed by atoms with Crippen LogP contribution < -0.4 is 0 Å².